The summed E-state index contributed by atoms with van der Waals surface area (Å²) in [6.45, 7) is 6.66. The van der Waals surface area contributed by atoms with Crippen LogP contribution in [0.2, 0.25) is 0 Å². The van der Waals surface area contributed by atoms with Gasteiger partial charge in [-0.1, -0.05) is 6.92 Å². The molecule has 114 valence electrons. The zero-order valence-corrected chi connectivity index (χ0v) is 12.6. The Labute approximate surface area is 124 Å². The molecule has 6 nitrogen and oxygen atoms in total. The van der Waals surface area contributed by atoms with Crippen molar-refractivity contribution in [1.82, 2.24) is 4.90 Å². The number of hydrogen-bond donors (Lipinski definition) is 2. The number of nitriles is 1. The average Bonchev–Trinajstić information content (AvgIpc) is 2.91. The van der Waals surface area contributed by atoms with Gasteiger partial charge in [-0.3, -0.25) is 15.0 Å². The van der Waals surface area contributed by atoms with Crippen molar-refractivity contribution in [2.75, 3.05) is 25.0 Å². The number of nitrogens with zero attached hydrogens (tertiary/aromatic N) is 2. The molecule has 1 saturated heterocycles. The molecule has 0 saturated carbocycles. The number of carbonyl (C=O) groups is 1. The highest BCUT2D eigenvalue weighted by molar-refractivity contribution is 5.92. The van der Waals surface area contributed by atoms with Gasteiger partial charge in [0.05, 0.1) is 13.2 Å². The summed E-state index contributed by atoms with van der Waals surface area (Å²) < 4.78 is 5.42. The molecule has 1 aromatic rings. The monoisotopic (exact) mass is 291 g/mol. The minimum Gasteiger partial charge on any atom is -0.444 e. The summed E-state index contributed by atoms with van der Waals surface area (Å²) in [5, 5.41) is 21.2. The molecular formula is C15H21N3O3. The highest BCUT2D eigenvalue weighted by atomic mass is 16.4. The van der Waals surface area contributed by atoms with E-state index >= 15 is 0 Å². The summed E-state index contributed by atoms with van der Waals surface area (Å²) in [4.78, 5) is 14.1. The van der Waals surface area contributed by atoms with E-state index in [-0.39, 0.29) is 31.0 Å². The van der Waals surface area contributed by atoms with Crippen LogP contribution in [0.25, 0.3) is 0 Å². The highest BCUT2D eigenvalue weighted by Crippen LogP contribution is 2.26. The number of nitrogens with one attached hydrogen (secondary N) is 1. The number of furan rings is 1. The summed E-state index contributed by atoms with van der Waals surface area (Å²) >= 11 is 0. The Bertz CT molecular complexity index is 573. The fraction of sp³-hybridized carbons (Fsp3) is 0.600. The lowest BCUT2D eigenvalue weighted by atomic mass is 10.0. The van der Waals surface area contributed by atoms with Crippen molar-refractivity contribution >= 4 is 11.8 Å². The summed E-state index contributed by atoms with van der Waals surface area (Å²) in [6, 6.07) is 2.07. The Morgan fingerprint density at radius 2 is 2.29 bits per heavy atom. The number of carbonyl (C=O) groups excluding carboxylic acids is 1. The molecular weight excluding hydrogens is 270 g/mol. The fourth-order valence-corrected chi connectivity index (χ4v) is 2.78. The van der Waals surface area contributed by atoms with Crippen molar-refractivity contribution in [3.63, 3.8) is 0 Å². The smallest absolute Gasteiger partial charge is 0.240 e. The van der Waals surface area contributed by atoms with E-state index in [1.54, 1.807) is 13.8 Å². The van der Waals surface area contributed by atoms with Crippen LogP contribution in [0, 0.1) is 31.1 Å². The standard InChI is InChI=1S/C15H21N3O3/c1-9-4-5-18(13(9)8-19)7-14(20)17-15-12(6-16)10(2)11(3)21-15/h9,13,19H,4-5,7-8H2,1-3H3,(H,17,20). The second kappa shape index (κ2) is 6.29. The molecule has 2 rings (SSSR count). The molecule has 1 aliphatic rings. The van der Waals surface area contributed by atoms with Gasteiger partial charge in [0.15, 0.2) is 0 Å². The number of rotatable bonds is 4. The van der Waals surface area contributed by atoms with E-state index in [0.717, 1.165) is 18.5 Å². The van der Waals surface area contributed by atoms with E-state index in [9.17, 15) is 9.90 Å². The Morgan fingerprint density at radius 3 is 2.90 bits per heavy atom. The van der Waals surface area contributed by atoms with Gasteiger partial charge in [-0.2, -0.15) is 5.26 Å². The zero-order valence-electron chi connectivity index (χ0n) is 12.6. The molecule has 2 heterocycles. The van der Waals surface area contributed by atoms with Crippen LogP contribution in [-0.2, 0) is 4.79 Å². The normalized spacial score (nSPS) is 22.2. The maximum atomic E-state index is 12.1. The summed E-state index contributed by atoms with van der Waals surface area (Å²) in [7, 11) is 0. The quantitative estimate of drug-likeness (QED) is 0.875. The van der Waals surface area contributed by atoms with Crippen LogP contribution in [0.5, 0.6) is 0 Å². The van der Waals surface area contributed by atoms with E-state index in [2.05, 4.69) is 12.2 Å². The maximum Gasteiger partial charge on any atom is 0.240 e. The van der Waals surface area contributed by atoms with Gasteiger partial charge in [-0.05, 0) is 32.7 Å². The molecule has 2 N–H and O–H groups in total. The second-order valence-corrected chi connectivity index (χ2v) is 5.63. The van der Waals surface area contributed by atoms with Gasteiger partial charge in [0.1, 0.15) is 17.4 Å². The van der Waals surface area contributed by atoms with Gasteiger partial charge in [0, 0.05) is 11.6 Å². The lowest BCUT2D eigenvalue weighted by molar-refractivity contribution is -0.117. The number of hydrogen-bond acceptors (Lipinski definition) is 5. The first-order valence-electron chi connectivity index (χ1n) is 7.12. The Morgan fingerprint density at radius 1 is 1.57 bits per heavy atom. The molecule has 2 unspecified atom stereocenters. The lowest BCUT2D eigenvalue weighted by Crippen LogP contribution is -2.40. The molecule has 21 heavy (non-hydrogen) atoms. The molecule has 0 spiro atoms. The zero-order chi connectivity index (χ0) is 15.6. The van der Waals surface area contributed by atoms with Crippen LogP contribution >= 0.6 is 0 Å². The number of likely N-dealkylation sites (tertiary alicyclic amines) is 1. The van der Waals surface area contributed by atoms with Crippen LogP contribution in [0.15, 0.2) is 4.42 Å². The molecule has 0 bridgehead atoms. The second-order valence-electron chi connectivity index (χ2n) is 5.63. The van der Waals surface area contributed by atoms with Gasteiger partial charge in [0.2, 0.25) is 11.8 Å². The third-order valence-electron chi connectivity index (χ3n) is 4.28. The SMILES string of the molecule is Cc1oc(NC(=O)CN2CCC(C)C2CO)c(C#N)c1C. The largest absolute Gasteiger partial charge is 0.444 e. The van der Waals surface area contributed by atoms with Crippen LogP contribution in [0.1, 0.15) is 30.2 Å². The van der Waals surface area contributed by atoms with Crippen LogP contribution in [0.4, 0.5) is 5.88 Å². The predicted octanol–water partition coefficient (Wildman–Crippen LogP) is 1.41. The molecule has 1 fully saturated rings. The Balaban J connectivity index is 2.03. The molecule has 1 aromatic heterocycles. The summed E-state index contributed by atoms with van der Waals surface area (Å²) in [5.41, 5.74) is 1.12. The maximum absolute atomic E-state index is 12.1. The molecule has 0 radical (unpaired) electrons. The van der Waals surface area contributed by atoms with E-state index in [0.29, 0.717) is 17.2 Å². The number of aliphatic hydroxyl groups excluding tert-OH is 1. The van der Waals surface area contributed by atoms with Crippen LogP contribution in [-0.4, -0.2) is 41.7 Å². The Hall–Kier alpha value is -1.84. The first-order chi connectivity index (χ1) is 9.97. The van der Waals surface area contributed by atoms with Gasteiger partial charge in [-0.25, -0.2) is 0 Å². The molecule has 1 aliphatic heterocycles. The summed E-state index contributed by atoms with van der Waals surface area (Å²) in [5.74, 6) is 0.994. The van der Waals surface area contributed by atoms with Crippen molar-refractivity contribution in [1.29, 1.82) is 5.26 Å². The van der Waals surface area contributed by atoms with Gasteiger partial charge < -0.3 is 9.52 Å². The van der Waals surface area contributed by atoms with Crippen LogP contribution in [0.3, 0.4) is 0 Å². The highest BCUT2D eigenvalue weighted by Gasteiger charge is 2.31. The van der Waals surface area contributed by atoms with Crippen LogP contribution < -0.4 is 5.32 Å². The fourth-order valence-electron chi connectivity index (χ4n) is 2.78. The Kier molecular flexibility index (Phi) is 4.66. The van der Waals surface area contributed by atoms with Crippen molar-refractivity contribution in [2.45, 2.75) is 33.2 Å². The average molecular weight is 291 g/mol. The molecule has 6 heteroatoms. The summed E-state index contributed by atoms with van der Waals surface area (Å²) in [6.07, 6.45) is 0.973. The van der Waals surface area contributed by atoms with Crippen molar-refractivity contribution in [3.05, 3.63) is 16.9 Å². The number of aryl methyl sites for hydroxylation is 1. The minimum atomic E-state index is -0.229. The lowest BCUT2D eigenvalue weighted by Gasteiger charge is -2.24. The van der Waals surface area contributed by atoms with E-state index in [1.807, 2.05) is 11.0 Å². The first-order valence-corrected chi connectivity index (χ1v) is 7.12. The van der Waals surface area contributed by atoms with E-state index < -0.39 is 0 Å². The number of amides is 1. The van der Waals surface area contributed by atoms with E-state index in [4.69, 9.17) is 9.68 Å². The topological polar surface area (TPSA) is 89.5 Å². The number of anilines is 1. The molecule has 2 atom stereocenters. The van der Waals surface area contributed by atoms with Gasteiger partial charge >= 0.3 is 0 Å². The van der Waals surface area contributed by atoms with Gasteiger partial charge in [-0.15, -0.1) is 0 Å². The molecule has 0 aliphatic carbocycles. The van der Waals surface area contributed by atoms with Crippen molar-refractivity contribution < 1.29 is 14.3 Å². The van der Waals surface area contributed by atoms with E-state index in [1.165, 1.54) is 0 Å². The molecule has 0 aromatic carbocycles. The minimum absolute atomic E-state index is 0.0197. The van der Waals surface area contributed by atoms with Gasteiger partial charge in [0.25, 0.3) is 0 Å². The number of aliphatic hydroxyl groups is 1. The van der Waals surface area contributed by atoms with Crippen molar-refractivity contribution in [2.24, 2.45) is 5.92 Å². The van der Waals surface area contributed by atoms with Crippen molar-refractivity contribution in [3.8, 4) is 6.07 Å². The molecule has 1 amide bonds. The first kappa shape index (κ1) is 15.5. The third-order valence-corrected chi connectivity index (χ3v) is 4.28. The third kappa shape index (κ3) is 3.09. The predicted molar refractivity (Wildman–Crippen MR) is 77.8 cm³/mol.